The molecule has 1 fully saturated rings. The van der Waals surface area contributed by atoms with Gasteiger partial charge in [0.2, 0.25) is 0 Å². The van der Waals surface area contributed by atoms with Gasteiger partial charge in [-0.1, -0.05) is 6.92 Å². The predicted molar refractivity (Wildman–Crippen MR) is 82.0 cm³/mol. The summed E-state index contributed by atoms with van der Waals surface area (Å²) in [6.45, 7) is 5.91. The fourth-order valence-corrected chi connectivity index (χ4v) is 2.60. The molecule has 0 saturated heterocycles. The average molecular weight is 278 g/mol. The van der Waals surface area contributed by atoms with Crippen molar-refractivity contribution in [1.29, 1.82) is 0 Å². The van der Waals surface area contributed by atoms with Gasteiger partial charge in [0, 0.05) is 19.2 Å². The van der Waals surface area contributed by atoms with Crippen molar-refractivity contribution in [1.82, 2.24) is 9.97 Å². The van der Waals surface area contributed by atoms with Crippen LogP contribution in [0, 0.1) is 12.8 Å². The number of rotatable bonds is 6. The Morgan fingerprint density at radius 3 is 2.45 bits per heavy atom. The highest BCUT2D eigenvalue weighted by atomic mass is 16.3. The number of aromatic nitrogens is 2. The number of nitrogens with zero attached hydrogens (tertiary/aromatic N) is 2. The molecule has 0 amide bonds. The Kier molecular flexibility index (Phi) is 5.59. The molecular weight excluding hydrogens is 252 g/mol. The Balaban J connectivity index is 1.87. The summed E-state index contributed by atoms with van der Waals surface area (Å²) in [7, 11) is 0. The Morgan fingerprint density at radius 1 is 1.15 bits per heavy atom. The first kappa shape index (κ1) is 15.0. The van der Waals surface area contributed by atoms with Crippen molar-refractivity contribution in [3.05, 3.63) is 11.9 Å². The highest BCUT2D eigenvalue weighted by molar-refractivity contribution is 5.47. The Labute approximate surface area is 121 Å². The summed E-state index contributed by atoms with van der Waals surface area (Å²) in [4.78, 5) is 8.81. The maximum atomic E-state index is 9.52. The third-order valence-electron chi connectivity index (χ3n) is 3.78. The largest absolute Gasteiger partial charge is 0.393 e. The molecule has 2 rings (SSSR count). The molecule has 1 aromatic rings. The monoisotopic (exact) mass is 278 g/mol. The quantitative estimate of drug-likeness (QED) is 0.746. The van der Waals surface area contributed by atoms with Gasteiger partial charge < -0.3 is 15.7 Å². The lowest BCUT2D eigenvalue weighted by molar-refractivity contribution is 0.111. The van der Waals surface area contributed by atoms with Crippen LogP contribution >= 0.6 is 0 Å². The van der Waals surface area contributed by atoms with Gasteiger partial charge in [-0.05, 0) is 44.9 Å². The van der Waals surface area contributed by atoms with Gasteiger partial charge in [-0.15, -0.1) is 0 Å². The molecule has 0 aliphatic heterocycles. The first-order valence-electron chi connectivity index (χ1n) is 7.69. The summed E-state index contributed by atoms with van der Waals surface area (Å²) in [5.41, 5.74) is 0. The standard InChI is InChI=1S/C15H26N4O/c1-3-8-16-14-9-15(19-11(2)18-14)17-10-12-4-6-13(20)7-5-12/h9,12-13,20H,3-8,10H2,1-2H3,(H2,16,17,18,19). The van der Waals surface area contributed by atoms with Crippen molar-refractivity contribution in [2.24, 2.45) is 5.92 Å². The number of hydrogen-bond donors (Lipinski definition) is 3. The Hall–Kier alpha value is -1.36. The molecule has 20 heavy (non-hydrogen) atoms. The summed E-state index contributed by atoms with van der Waals surface area (Å²) in [6, 6.07) is 1.97. The van der Waals surface area contributed by atoms with Crippen molar-refractivity contribution in [2.75, 3.05) is 23.7 Å². The van der Waals surface area contributed by atoms with Crippen LogP contribution in [0.3, 0.4) is 0 Å². The van der Waals surface area contributed by atoms with Gasteiger partial charge in [-0.25, -0.2) is 9.97 Å². The highest BCUT2D eigenvalue weighted by Crippen LogP contribution is 2.24. The number of nitrogens with one attached hydrogen (secondary N) is 2. The third kappa shape index (κ3) is 4.63. The first-order valence-corrected chi connectivity index (χ1v) is 7.69. The smallest absolute Gasteiger partial charge is 0.131 e. The molecule has 1 heterocycles. The second-order valence-electron chi connectivity index (χ2n) is 5.67. The minimum absolute atomic E-state index is 0.0857. The molecule has 0 aromatic carbocycles. The SMILES string of the molecule is CCCNc1cc(NCC2CCC(O)CC2)nc(C)n1. The van der Waals surface area contributed by atoms with Gasteiger partial charge in [0.15, 0.2) is 0 Å². The summed E-state index contributed by atoms with van der Waals surface area (Å²) in [5.74, 6) is 3.21. The highest BCUT2D eigenvalue weighted by Gasteiger charge is 2.19. The molecule has 0 unspecified atom stereocenters. The number of aryl methyl sites for hydroxylation is 1. The van der Waals surface area contributed by atoms with Gasteiger partial charge in [-0.2, -0.15) is 0 Å². The van der Waals surface area contributed by atoms with Gasteiger partial charge in [-0.3, -0.25) is 0 Å². The molecule has 5 nitrogen and oxygen atoms in total. The molecule has 5 heteroatoms. The molecule has 1 aromatic heterocycles. The van der Waals surface area contributed by atoms with Crippen LogP contribution in [0.15, 0.2) is 6.07 Å². The summed E-state index contributed by atoms with van der Waals surface area (Å²) in [5, 5.41) is 16.2. The zero-order valence-electron chi connectivity index (χ0n) is 12.5. The maximum absolute atomic E-state index is 9.52. The number of hydrogen-bond acceptors (Lipinski definition) is 5. The molecular formula is C15H26N4O. The van der Waals surface area contributed by atoms with E-state index in [1.165, 1.54) is 0 Å². The minimum atomic E-state index is -0.0857. The lowest BCUT2D eigenvalue weighted by Gasteiger charge is -2.25. The van der Waals surface area contributed by atoms with Crippen molar-refractivity contribution >= 4 is 11.6 Å². The van der Waals surface area contributed by atoms with Crippen molar-refractivity contribution < 1.29 is 5.11 Å². The van der Waals surface area contributed by atoms with Crippen LogP contribution in [-0.4, -0.2) is 34.3 Å². The van der Waals surface area contributed by atoms with E-state index in [1.54, 1.807) is 0 Å². The Morgan fingerprint density at radius 2 is 1.80 bits per heavy atom. The van der Waals surface area contributed by atoms with Gasteiger partial charge >= 0.3 is 0 Å². The zero-order valence-corrected chi connectivity index (χ0v) is 12.5. The minimum Gasteiger partial charge on any atom is -0.393 e. The third-order valence-corrected chi connectivity index (χ3v) is 3.78. The molecule has 0 bridgehead atoms. The molecule has 0 radical (unpaired) electrons. The molecule has 1 aliphatic carbocycles. The van der Waals surface area contributed by atoms with E-state index < -0.39 is 0 Å². The fourth-order valence-electron chi connectivity index (χ4n) is 2.60. The lowest BCUT2D eigenvalue weighted by atomic mass is 9.87. The fraction of sp³-hybridized carbons (Fsp3) is 0.733. The van der Waals surface area contributed by atoms with E-state index in [2.05, 4.69) is 27.5 Å². The van der Waals surface area contributed by atoms with Crippen LogP contribution in [0.2, 0.25) is 0 Å². The van der Waals surface area contributed by atoms with Crippen LogP contribution in [0.1, 0.15) is 44.9 Å². The van der Waals surface area contributed by atoms with Gasteiger partial charge in [0.1, 0.15) is 17.5 Å². The van der Waals surface area contributed by atoms with E-state index in [1.807, 2.05) is 13.0 Å². The van der Waals surface area contributed by atoms with Crippen LogP contribution in [0.5, 0.6) is 0 Å². The van der Waals surface area contributed by atoms with Gasteiger partial charge in [0.25, 0.3) is 0 Å². The van der Waals surface area contributed by atoms with E-state index in [4.69, 9.17) is 0 Å². The van der Waals surface area contributed by atoms with E-state index in [0.717, 1.165) is 62.7 Å². The van der Waals surface area contributed by atoms with E-state index in [0.29, 0.717) is 5.92 Å². The van der Waals surface area contributed by atoms with Crippen molar-refractivity contribution in [2.45, 2.75) is 52.1 Å². The molecule has 1 saturated carbocycles. The second kappa shape index (κ2) is 7.43. The normalized spacial score (nSPS) is 22.6. The zero-order chi connectivity index (χ0) is 14.4. The topological polar surface area (TPSA) is 70.1 Å². The number of aliphatic hydroxyl groups is 1. The molecule has 112 valence electrons. The molecule has 0 spiro atoms. The molecule has 0 atom stereocenters. The Bertz CT molecular complexity index is 416. The maximum Gasteiger partial charge on any atom is 0.131 e. The number of anilines is 2. The van der Waals surface area contributed by atoms with Gasteiger partial charge in [0.05, 0.1) is 6.10 Å². The first-order chi connectivity index (χ1) is 9.67. The number of aliphatic hydroxyl groups excluding tert-OH is 1. The average Bonchev–Trinajstić information content (AvgIpc) is 2.44. The van der Waals surface area contributed by atoms with E-state index in [9.17, 15) is 5.11 Å². The summed E-state index contributed by atoms with van der Waals surface area (Å²) < 4.78 is 0. The van der Waals surface area contributed by atoms with E-state index >= 15 is 0 Å². The summed E-state index contributed by atoms with van der Waals surface area (Å²) in [6.07, 6.45) is 5.04. The van der Waals surface area contributed by atoms with Crippen LogP contribution in [0.4, 0.5) is 11.6 Å². The molecule has 1 aliphatic rings. The second-order valence-corrected chi connectivity index (χ2v) is 5.67. The van der Waals surface area contributed by atoms with Crippen LogP contribution in [0.25, 0.3) is 0 Å². The van der Waals surface area contributed by atoms with Crippen molar-refractivity contribution in [3.8, 4) is 0 Å². The predicted octanol–water partition coefficient (Wildman–Crippen LogP) is 2.57. The summed E-state index contributed by atoms with van der Waals surface area (Å²) >= 11 is 0. The lowest BCUT2D eigenvalue weighted by Crippen LogP contribution is -2.24. The molecule has 3 N–H and O–H groups in total. The van der Waals surface area contributed by atoms with E-state index in [-0.39, 0.29) is 6.10 Å². The van der Waals surface area contributed by atoms with Crippen molar-refractivity contribution in [3.63, 3.8) is 0 Å². The van der Waals surface area contributed by atoms with Crippen LogP contribution in [-0.2, 0) is 0 Å². The van der Waals surface area contributed by atoms with Crippen LogP contribution < -0.4 is 10.6 Å².